The van der Waals surface area contributed by atoms with Crippen LogP contribution in [-0.4, -0.2) is 23.7 Å². The Balaban J connectivity index is 1.84. The summed E-state index contributed by atoms with van der Waals surface area (Å²) < 4.78 is 0. The van der Waals surface area contributed by atoms with Crippen molar-refractivity contribution in [1.29, 1.82) is 0 Å². The lowest BCUT2D eigenvalue weighted by atomic mass is 10.0. The van der Waals surface area contributed by atoms with Gasteiger partial charge in [-0.15, -0.1) is 0 Å². The normalized spacial score (nSPS) is 34.4. The summed E-state index contributed by atoms with van der Waals surface area (Å²) in [7, 11) is 0. The highest BCUT2D eigenvalue weighted by atomic mass is 16.3. The molecule has 1 amide bonds. The lowest BCUT2D eigenvalue weighted by Crippen LogP contribution is -2.42. The van der Waals surface area contributed by atoms with E-state index in [4.69, 9.17) is 0 Å². The van der Waals surface area contributed by atoms with Crippen LogP contribution in [-0.2, 0) is 4.79 Å². The van der Waals surface area contributed by atoms with Gasteiger partial charge in [0.15, 0.2) is 0 Å². The first-order valence-electron chi connectivity index (χ1n) is 6.56. The SMILES string of the molecule is CC(C)C(CO)NC(=O)C1C2CCCCC21. The van der Waals surface area contributed by atoms with E-state index in [1.165, 1.54) is 25.7 Å². The average molecular weight is 225 g/mol. The van der Waals surface area contributed by atoms with Gasteiger partial charge in [0.1, 0.15) is 0 Å². The quantitative estimate of drug-likeness (QED) is 0.762. The van der Waals surface area contributed by atoms with E-state index < -0.39 is 0 Å². The summed E-state index contributed by atoms with van der Waals surface area (Å²) in [5.41, 5.74) is 0. The molecule has 3 unspecified atom stereocenters. The summed E-state index contributed by atoms with van der Waals surface area (Å²) in [5, 5.41) is 12.2. The van der Waals surface area contributed by atoms with E-state index >= 15 is 0 Å². The minimum Gasteiger partial charge on any atom is -0.394 e. The van der Waals surface area contributed by atoms with Gasteiger partial charge in [-0.3, -0.25) is 4.79 Å². The fraction of sp³-hybridized carbons (Fsp3) is 0.923. The molecule has 0 heterocycles. The number of rotatable bonds is 4. The number of carbonyl (C=O) groups excluding carboxylic acids is 1. The van der Waals surface area contributed by atoms with Crippen LogP contribution < -0.4 is 5.32 Å². The Bertz CT molecular complexity index is 253. The zero-order valence-electron chi connectivity index (χ0n) is 10.3. The first-order valence-corrected chi connectivity index (χ1v) is 6.56. The molecule has 2 aliphatic carbocycles. The minimum absolute atomic E-state index is 0.0471. The number of fused-ring (bicyclic) bond motifs is 1. The van der Waals surface area contributed by atoms with E-state index in [0.717, 1.165) is 0 Å². The third-order valence-electron chi connectivity index (χ3n) is 4.29. The highest BCUT2D eigenvalue weighted by molar-refractivity contribution is 5.82. The number of carbonyl (C=O) groups is 1. The molecule has 92 valence electrons. The maximum atomic E-state index is 12.0. The summed E-state index contributed by atoms with van der Waals surface area (Å²) in [6.45, 7) is 4.10. The van der Waals surface area contributed by atoms with E-state index in [9.17, 15) is 9.90 Å². The summed E-state index contributed by atoms with van der Waals surface area (Å²) in [6, 6.07) is -0.0739. The van der Waals surface area contributed by atoms with Gasteiger partial charge in [0, 0.05) is 5.92 Å². The lowest BCUT2D eigenvalue weighted by molar-refractivity contribution is -0.124. The molecule has 0 aromatic heterocycles. The Hall–Kier alpha value is -0.570. The molecule has 0 saturated heterocycles. The molecule has 2 rings (SSSR count). The van der Waals surface area contributed by atoms with Crippen LogP contribution in [0, 0.1) is 23.7 Å². The summed E-state index contributed by atoms with van der Waals surface area (Å²) in [5.74, 6) is 2.05. The van der Waals surface area contributed by atoms with Crippen molar-refractivity contribution in [3.63, 3.8) is 0 Å². The molecule has 2 fully saturated rings. The standard InChI is InChI=1S/C13H23NO2/c1-8(2)11(7-15)14-13(16)12-9-5-3-4-6-10(9)12/h8-12,15H,3-7H2,1-2H3,(H,14,16). The second-order valence-electron chi connectivity index (χ2n) is 5.68. The van der Waals surface area contributed by atoms with Crippen LogP contribution in [0.1, 0.15) is 39.5 Å². The maximum absolute atomic E-state index is 12.0. The third kappa shape index (κ3) is 2.24. The van der Waals surface area contributed by atoms with Gasteiger partial charge in [0.25, 0.3) is 0 Å². The van der Waals surface area contributed by atoms with Gasteiger partial charge in [-0.05, 0) is 30.6 Å². The number of aliphatic hydroxyl groups is 1. The Morgan fingerprint density at radius 3 is 2.31 bits per heavy atom. The summed E-state index contributed by atoms with van der Waals surface area (Å²) in [6.07, 6.45) is 5.04. The Morgan fingerprint density at radius 2 is 1.88 bits per heavy atom. The summed E-state index contributed by atoms with van der Waals surface area (Å²) >= 11 is 0. The zero-order valence-corrected chi connectivity index (χ0v) is 10.3. The fourth-order valence-corrected chi connectivity index (χ4v) is 3.08. The monoisotopic (exact) mass is 225 g/mol. The van der Waals surface area contributed by atoms with Crippen LogP contribution >= 0.6 is 0 Å². The van der Waals surface area contributed by atoms with Crippen LogP contribution in [0.15, 0.2) is 0 Å². The number of nitrogens with one attached hydrogen (secondary N) is 1. The van der Waals surface area contributed by atoms with Gasteiger partial charge in [-0.2, -0.15) is 0 Å². The van der Waals surface area contributed by atoms with Crippen LogP contribution in [0.4, 0.5) is 0 Å². The van der Waals surface area contributed by atoms with E-state index in [1.54, 1.807) is 0 Å². The van der Waals surface area contributed by atoms with Gasteiger partial charge in [-0.1, -0.05) is 26.7 Å². The van der Waals surface area contributed by atoms with Gasteiger partial charge in [0.05, 0.1) is 12.6 Å². The predicted molar refractivity (Wildman–Crippen MR) is 62.8 cm³/mol. The molecule has 3 nitrogen and oxygen atoms in total. The molecule has 2 saturated carbocycles. The second-order valence-corrected chi connectivity index (χ2v) is 5.68. The van der Waals surface area contributed by atoms with Crippen LogP contribution in [0.5, 0.6) is 0 Å². The van der Waals surface area contributed by atoms with Crippen molar-refractivity contribution < 1.29 is 9.90 Å². The van der Waals surface area contributed by atoms with Crippen molar-refractivity contribution in [2.24, 2.45) is 23.7 Å². The molecule has 2 aliphatic rings. The molecule has 3 heteroatoms. The van der Waals surface area contributed by atoms with Crippen molar-refractivity contribution in [3.8, 4) is 0 Å². The largest absolute Gasteiger partial charge is 0.394 e. The molecule has 0 bridgehead atoms. The third-order valence-corrected chi connectivity index (χ3v) is 4.29. The van der Waals surface area contributed by atoms with Gasteiger partial charge in [0.2, 0.25) is 5.91 Å². The van der Waals surface area contributed by atoms with E-state index in [0.29, 0.717) is 17.8 Å². The topological polar surface area (TPSA) is 49.3 Å². The molecule has 0 aromatic rings. The first-order chi connectivity index (χ1) is 7.65. The van der Waals surface area contributed by atoms with E-state index in [1.807, 2.05) is 13.8 Å². The molecule has 0 aliphatic heterocycles. The fourth-order valence-electron chi connectivity index (χ4n) is 3.08. The molecule has 0 radical (unpaired) electrons. The number of amides is 1. The molecule has 16 heavy (non-hydrogen) atoms. The van der Waals surface area contributed by atoms with Crippen molar-refractivity contribution >= 4 is 5.91 Å². The van der Waals surface area contributed by atoms with E-state index in [-0.39, 0.29) is 24.5 Å². The molecular formula is C13H23NO2. The van der Waals surface area contributed by atoms with Crippen molar-refractivity contribution in [2.75, 3.05) is 6.61 Å². The van der Waals surface area contributed by atoms with Gasteiger partial charge in [-0.25, -0.2) is 0 Å². The van der Waals surface area contributed by atoms with Crippen molar-refractivity contribution in [1.82, 2.24) is 5.32 Å². The Morgan fingerprint density at radius 1 is 1.31 bits per heavy atom. The lowest BCUT2D eigenvalue weighted by Gasteiger charge is -2.19. The first kappa shape index (κ1) is 11.9. The molecular weight excluding hydrogens is 202 g/mol. The number of hydrogen-bond donors (Lipinski definition) is 2. The Kier molecular flexibility index (Phi) is 3.53. The molecule has 3 atom stereocenters. The van der Waals surface area contributed by atoms with Crippen LogP contribution in [0.25, 0.3) is 0 Å². The van der Waals surface area contributed by atoms with Gasteiger partial charge >= 0.3 is 0 Å². The van der Waals surface area contributed by atoms with Gasteiger partial charge < -0.3 is 10.4 Å². The smallest absolute Gasteiger partial charge is 0.223 e. The highest BCUT2D eigenvalue weighted by Gasteiger charge is 2.54. The minimum atomic E-state index is -0.0739. The van der Waals surface area contributed by atoms with Crippen LogP contribution in [0.3, 0.4) is 0 Å². The molecule has 0 aromatic carbocycles. The number of hydrogen-bond acceptors (Lipinski definition) is 2. The maximum Gasteiger partial charge on any atom is 0.223 e. The molecule has 2 N–H and O–H groups in total. The zero-order chi connectivity index (χ0) is 11.7. The second kappa shape index (κ2) is 4.74. The highest BCUT2D eigenvalue weighted by Crippen LogP contribution is 2.55. The average Bonchev–Trinajstić information content (AvgIpc) is 2.99. The van der Waals surface area contributed by atoms with Crippen molar-refractivity contribution in [3.05, 3.63) is 0 Å². The summed E-state index contributed by atoms with van der Waals surface area (Å²) in [4.78, 5) is 12.0. The Labute approximate surface area is 97.6 Å². The van der Waals surface area contributed by atoms with Crippen molar-refractivity contribution in [2.45, 2.75) is 45.6 Å². The predicted octanol–water partition coefficient (Wildman–Crippen LogP) is 1.56. The molecule has 0 spiro atoms. The van der Waals surface area contributed by atoms with E-state index in [2.05, 4.69) is 5.32 Å². The number of aliphatic hydroxyl groups excluding tert-OH is 1. The van der Waals surface area contributed by atoms with Crippen LogP contribution in [0.2, 0.25) is 0 Å².